The van der Waals surface area contributed by atoms with E-state index in [1.165, 1.54) is 82.0 Å². The second kappa shape index (κ2) is 23.7. The van der Waals surface area contributed by atoms with Gasteiger partial charge in [-0.05, 0) is 62.1 Å². The van der Waals surface area contributed by atoms with Gasteiger partial charge in [0.25, 0.3) is 0 Å². The first-order valence-electron chi connectivity index (χ1n) is 12.8. The molecule has 2 rings (SSSR count). The van der Waals surface area contributed by atoms with E-state index in [4.69, 9.17) is 23.2 Å². The van der Waals surface area contributed by atoms with Gasteiger partial charge in [-0.3, -0.25) is 0 Å². The van der Waals surface area contributed by atoms with Crippen molar-refractivity contribution in [2.24, 2.45) is 0 Å². The zero-order chi connectivity index (χ0) is 26.7. The molecule has 0 radical (unpaired) electrons. The average Bonchev–Trinajstić information content (AvgIpc) is 2.84. The van der Waals surface area contributed by atoms with Crippen molar-refractivity contribution in [1.29, 1.82) is 0 Å². The van der Waals surface area contributed by atoms with Crippen LogP contribution >= 0.6 is 73.7 Å². The van der Waals surface area contributed by atoms with E-state index in [9.17, 15) is 0 Å². The Bertz CT molecular complexity index is 737. The molecule has 0 aliphatic carbocycles. The largest absolute Gasteiger partial charge is 0.324 e. The van der Waals surface area contributed by atoms with Crippen molar-refractivity contribution >= 4 is 73.7 Å². The summed E-state index contributed by atoms with van der Waals surface area (Å²) >= 11 is 27.7. The molecule has 0 heterocycles. The fraction of sp³-hybridized carbons (Fsp3) is 0.571. The third-order valence-electron chi connectivity index (χ3n) is 5.82. The number of thiol groups is 4. The minimum Gasteiger partial charge on any atom is -0.324 e. The van der Waals surface area contributed by atoms with Crippen LogP contribution in [0.3, 0.4) is 0 Å². The molecule has 0 aromatic heterocycles. The monoisotopic (exact) mass is 652 g/mol. The Kier molecular flexibility index (Phi) is 25.7. The second-order valence-electron chi connectivity index (χ2n) is 8.92. The molecule has 2 aromatic carbocycles. The molecule has 0 spiro atoms. The van der Waals surface area contributed by atoms with Gasteiger partial charge in [-0.15, -0.1) is 50.5 Å². The Balaban J connectivity index is 0. The maximum Gasteiger partial charge on any atom is 0.0786 e. The molecular formula is C28H46Cl2NNiS4+. The van der Waals surface area contributed by atoms with Gasteiger partial charge in [0.2, 0.25) is 0 Å². The maximum absolute atomic E-state index is 5.63. The first-order chi connectivity index (χ1) is 16.6. The van der Waals surface area contributed by atoms with Gasteiger partial charge < -0.3 is 4.48 Å². The number of unbranched alkanes of at least 4 members (excludes halogenated alkanes) is 4. The van der Waals surface area contributed by atoms with Gasteiger partial charge in [-0.25, -0.2) is 0 Å². The van der Waals surface area contributed by atoms with Gasteiger partial charge in [-0.1, -0.05) is 76.6 Å². The number of nitrogens with zero attached hydrogens (tertiary/aromatic N) is 1. The molecule has 0 aliphatic rings. The first kappa shape index (κ1) is 39.0. The first-order valence-corrected chi connectivity index (χ1v) is 15.4. The fourth-order valence-electron chi connectivity index (χ4n) is 3.64. The van der Waals surface area contributed by atoms with Crippen molar-refractivity contribution in [1.82, 2.24) is 0 Å². The van der Waals surface area contributed by atoms with E-state index in [2.05, 4.69) is 78.2 Å². The minimum atomic E-state index is 0. The molecular weight excluding hydrogens is 608 g/mol. The topological polar surface area (TPSA) is 0 Å². The summed E-state index contributed by atoms with van der Waals surface area (Å²) in [5.41, 5.74) is 0. The van der Waals surface area contributed by atoms with Crippen LogP contribution in [0, 0.1) is 0 Å². The number of hydrogen-bond acceptors (Lipinski definition) is 4. The van der Waals surface area contributed by atoms with Crippen molar-refractivity contribution in [2.45, 2.75) is 98.6 Å². The van der Waals surface area contributed by atoms with E-state index < -0.39 is 0 Å². The zero-order valence-corrected chi connectivity index (χ0v) is 28.3. The van der Waals surface area contributed by atoms with E-state index in [1.54, 1.807) is 24.3 Å². The molecule has 0 amide bonds. The Morgan fingerprint density at radius 3 is 1.00 bits per heavy atom. The van der Waals surface area contributed by atoms with E-state index >= 15 is 0 Å². The van der Waals surface area contributed by atoms with Crippen LogP contribution in [-0.2, 0) is 16.5 Å². The Labute approximate surface area is 264 Å². The molecule has 0 unspecified atom stereocenters. The van der Waals surface area contributed by atoms with Crippen LogP contribution in [-0.4, -0.2) is 30.7 Å². The van der Waals surface area contributed by atoms with Gasteiger partial charge in [0.1, 0.15) is 0 Å². The minimum absolute atomic E-state index is 0. The van der Waals surface area contributed by atoms with Crippen molar-refractivity contribution in [3.8, 4) is 0 Å². The third-order valence-corrected chi connectivity index (χ3v) is 8.16. The van der Waals surface area contributed by atoms with E-state index in [0.29, 0.717) is 10.0 Å². The zero-order valence-electron chi connectivity index (χ0n) is 22.3. The summed E-state index contributed by atoms with van der Waals surface area (Å²) in [7, 11) is 0. The standard InChI is InChI=1S/C16H36N.2C6H5ClS2.Ni/c1-5-9-13-17(14-10-6-2,15-11-7-3)16-12-8-4;2*7-4-1-2-5(8)6(9)3-4;/h5-16H2,1-4H3;2*1-3,8-9H;/q+1;;;. The van der Waals surface area contributed by atoms with Crippen LogP contribution in [0.15, 0.2) is 56.0 Å². The van der Waals surface area contributed by atoms with Crippen LogP contribution in [0.5, 0.6) is 0 Å². The molecule has 0 saturated heterocycles. The third kappa shape index (κ3) is 18.2. The second-order valence-corrected chi connectivity index (χ2v) is 11.7. The van der Waals surface area contributed by atoms with Gasteiger partial charge >= 0.3 is 0 Å². The average molecular weight is 655 g/mol. The van der Waals surface area contributed by atoms with Crippen molar-refractivity contribution in [3.63, 3.8) is 0 Å². The van der Waals surface area contributed by atoms with Crippen LogP contribution in [0.25, 0.3) is 0 Å². The molecule has 0 atom stereocenters. The summed E-state index contributed by atoms with van der Waals surface area (Å²) < 4.78 is 1.42. The summed E-state index contributed by atoms with van der Waals surface area (Å²) in [5, 5.41) is 1.38. The normalized spacial score (nSPS) is 10.5. The summed E-state index contributed by atoms with van der Waals surface area (Å²) in [5.74, 6) is 0. The number of halogens is 2. The number of quaternary nitrogens is 1. The van der Waals surface area contributed by atoms with Crippen LogP contribution < -0.4 is 0 Å². The molecule has 36 heavy (non-hydrogen) atoms. The van der Waals surface area contributed by atoms with Gasteiger partial charge in [0.15, 0.2) is 0 Å². The van der Waals surface area contributed by atoms with Gasteiger partial charge in [0.05, 0.1) is 26.2 Å². The molecule has 0 saturated carbocycles. The van der Waals surface area contributed by atoms with Crippen LogP contribution in [0.2, 0.25) is 10.0 Å². The smallest absolute Gasteiger partial charge is 0.0786 e. The van der Waals surface area contributed by atoms with Crippen LogP contribution in [0.1, 0.15) is 79.1 Å². The Morgan fingerprint density at radius 2 is 0.806 bits per heavy atom. The van der Waals surface area contributed by atoms with E-state index in [-0.39, 0.29) is 16.5 Å². The number of rotatable bonds is 12. The molecule has 210 valence electrons. The molecule has 0 aliphatic heterocycles. The van der Waals surface area contributed by atoms with Crippen molar-refractivity contribution in [3.05, 3.63) is 46.4 Å². The number of benzene rings is 2. The number of hydrogen-bond donors (Lipinski definition) is 4. The van der Waals surface area contributed by atoms with E-state index in [1.807, 2.05) is 12.1 Å². The summed E-state index contributed by atoms with van der Waals surface area (Å²) in [6.45, 7) is 15.0. The summed E-state index contributed by atoms with van der Waals surface area (Å²) in [4.78, 5) is 3.32. The molecule has 1 nitrogen and oxygen atoms in total. The summed E-state index contributed by atoms with van der Waals surface area (Å²) in [6.07, 6.45) is 11.1. The summed E-state index contributed by atoms with van der Waals surface area (Å²) in [6, 6.07) is 10.7. The van der Waals surface area contributed by atoms with Crippen molar-refractivity contribution < 1.29 is 21.0 Å². The molecule has 0 bridgehead atoms. The van der Waals surface area contributed by atoms with Gasteiger partial charge in [0, 0.05) is 46.1 Å². The quantitative estimate of drug-likeness (QED) is 0.0978. The molecule has 2 aromatic rings. The van der Waals surface area contributed by atoms with Crippen molar-refractivity contribution in [2.75, 3.05) is 26.2 Å². The van der Waals surface area contributed by atoms with Crippen LogP contribution in [0.4, 0.5) is 0 Å². The molecule has 8 heteroatoms. The molecule has 0 fully saturated rings. The predicted octanol–water partition coefficient (Wildman–Crippen LogP) is 10.8. The van der Waals surface area contributed by atoms with Gasteiger partial charge in [-0.2, -0.15) is 0 Å². The maximum atomic E-state index is 5.63. The Hall–Kier alpha value is 0.874. The molecule has 0 N–H and O–H groups in total. The SMILES string of the molecule is CCCC[N+](CCCC)(CCCC)CCCC.Sc1ccc(Cl)cc1S.Sc1ccc(Cl)cc1S.[Ni]. The predicted molar refractivity (Wildman–Crippen MR) is 171 cm³/mol. The fourth-order valence-corrected chi connectivity index (χ4v) is 4.84. The van der Waals surface area contributed by atoms with E-state index in [0.717, 1.165) is 19.6 Å². The Morgan fingerprint density at radius 1 is 0.528 bits per heavy atom.